The van der Waals surface area contributed by atoms with E-state index in [1.54, 1.807) is 6.07 Å². The highest BCUT2D eigenvalue weighted by atomic mass is 35.5. The highest BCUT2D eigenvalue weighted by molar-refractivity contribution is 7.99. The Morgan fingerprint density at radius 3 is 2.85 bits per heavy atom. The average molecular weight is 309 g/mol. The molecule has 0 aliphatic carbocycles. The third-order valence-corrected chi connectivity index (χ3v) is 3.98. The number of halogens is 1. The molecule has 2 rings (SSSR count). The lowest BCUT2D eigenvalue weighted by molar-refractivity contribution is -0.115. The van der Waals surface area contributed by atoms with E-state index in [9.17, 15) is 9.90 Å². The molecule has 1 amide bonds. The van der Waals surface area contributed by atoms with Gasteiger partial charge in [0.1, 0.15) is 0 Å². The summed E-state index contributed by atoms with van der Waals surface area (Å²) in [6, 6.07) is 10.6. The van der Waals surface area contributed by atoms with Crippen LogP contribution in [0.1, 0.15) is 6.42 Å². The molecule has 104 valence electrons. The van der Waals surface area contributed by atoms with Crippen LogP contribution >= 0.6 is 23.4 Å². The average Bonchev–Trinajstić information content (AvgIpc) is 2.43. The third-order valence-electron chi connectivity index (χ3n) is 2.47. The standard InChI is InChI=1S/C14H13ClN2O2S/c15-10-4-1-2-6-12(10)20-9-7-13(19)17-14-11(18)5-3-8-16-14/h1-6,8,18H,7,9H2,(H,16,17,19). The minimum absolute atomic E-state index is 0.0420. The van der Waals surface area contributed by atoms with Gasteiger partial charge in [-0.25, -0.2) is 4.98 Å². The van der Waals surface area contributed by atoms with E-state index in [2.05, 4.69) is 10.3 Å². The second-order valence-electron chi connectivity index (χ2n) is 3.95. The van der Waals surface area contributed by atoms with Gasteiger partial charge in [0.2, 0.25) is 5.91 Å². The highest BCUT2D eigenvalue weighted by Gasteiger charge is 2.07. The fraction of sp³-hybridized carbons (Fsp3) is 0.143. The normalized spacial score (nSPS) is 10.2. The van der Waals surface area contributed by atoms with Gasteiger partial charge in [0.15, 0.2) is 11.6 Å². The summed E-state index contributed by atoms with van der Waals surface area (Å²) in [5, 5.41) is 12.7. The number of carbonyl (C=O) groups is 1. The Morgan fingerprint density at radius 1 is 1.30 bits per heavy atom. The maximum absolute atomic E-state index is 11.7. The molecule has 0 aliphatic heterocycles. The van der Waals surface area contributed by atoms with E-state index in [1.165, 1.54) is 24.0 Å². The van der Waals surface area contributed by atoms with Gasteiger partial charge in [0.25, 0.3) is 0 Å². The van der Waals surface area contributed by atoms with Crippen LogP contribution in [0.3, 0.4) is 0 Å². The molecule has 1 aromatic carbocycles. The van der Waals surface area contributed by atoms with E-state index in [4.69, 9.17) is 11.6 Å². The first-order valence-electron chi connectivity index (χ1n) is 5.98. The zero-order chi connectivity index (χ0) is 14.4. The molecule has 0 spiro atoms. The Hall–Kier alpha value is -1.72. The van der Waals surface area contributed by atoms with Crippen molar-refractivity contribution in [2.24, 2.45) is 0 Å². The van der Waals surface area contributed by atoms with Crippen molar-refractivity contribution in [3.8, 4) is 5.75 Å². The number of anilines is 1. The van der Waals surface area contributed by atoms with E-state index in [1.807, 2.05) is 24.3 Å². The number of nitrogens with one attached hydrogen (secondary N) is 1. The first-order valence-corrected chi connectivity index (χ1v) is 7.34. The monoisotopic (exact) mass is 308 g/mol. The molecule has 0 aliphatic rings. The molecule has 2 N–H and O–H groups in total. The van der Waals surface area contributed by atoms with Crippen LogP contribution in [0.5, 0.6) is 5.75 Å². The maximum Gasteiger partial charge on any atom is 0.226 e. The van der Waals surface area contributed by atoms with Crippen molar-refractivity contribution >= 4 is 35.1 Å². The lowest BCUT2D eigenvalue weighted by Gasteiger charge is -2.06. The molecule has 0 saturated heterocycles. The van der Waals surface area contributed by atoms with E-state index in [0.717, 1.165) is 4.90 Å². The molecule has 6 heteroatoms. The molecule has 0 bridgehead atoms. The quantitative estimate of drug-likeness (QED) is 0.829. The van der Waals surface area contributed by atoms with Gasteiger partial charge < -0.3 is 10.4 Å². The summed E-state index contributed by atoms with van der Waals surface area (Å²) in [6.45, 7) is 0. The zero-order valence-electron chi connectivity index (χ0n) is 10.5. The molecular formula is C14H13ClN2O2S. The first kappa shape index (κ1) is 14.7. The number of aromatic hydroxyl groups is 1. The predicted molar refractivity (Wildman–Crippen MR) is 81.3 cm³/mol. The van der Waals surface area contributed by atoms with Crippen molar-refractivity contribution in [2.45, 2.75) is 11.3 Å². The van der Waals surface area contributed by atoms with Gasteiger partial charge in [-0.05, 0) is 24.3 Å². The minimum Gasteiger partial charge on any atom is -0.504 e. The number of aromatic nitrogens is 1. The van der Waals surface area contributed by atoms with Gasteiger partial charge in [-0.3, -0.25) is 4.79 Å². The van der Waals surface area contributed by atoms with E-state index in [-0.39, 0.29) is 17.5 Å². The Labute approximate surface area is 126 Å². The van der Waals surface area contributed by atoms with Crippen LogP contribution in [0, 0.1) is 0 Å². The van der Waals surface area contributed by atoms with Crippen LogP contribution < -0.4 is 5.32 Å². The molecule has 2 aromatic rings. The van der Waals surface area contributed by atoms with Gasteiger partial charge in [-0.15, -0.1) is 11.8 Å². The smallest absolute Gasteiger partial charge is 0.226 e. The Balaban J connectivity index is 1.82. The summed E-state index contributed by atoms with van der Waals surface area (Å²) in [5.41, 5.74) is 0. The number of carbonyl (C=O) groups excluding carboxylic acids is 1. The van der Waals surface area contributed by atoms with Gasteiger partial charge in [-0.2, -0.15) is 0 Å². The molecule has 1 heterocycles. The van der Waals surface area contributed by atoms with Crippen LogP contribution in [0.25, 0.3) is 0 Å². The number of rotatable bonds is 5. The van der Waals surface area contributed by atoms with Gasteiger partial charge >= 0.3 is 0 Å². The Bertz CT molecular complexity index is 607. The van der Waals surface area contributed by atoms with Crippen molar-refractivity contribution in [1.29, 1.82) is 0 Å². The van der Waals surface area contributed by atoms with Crippen LogP contribution in [-0.2, 0) is 4.79 Å². The Kier molecular flexibility index (Phi) is 5.26. The van der Waals surface area contributed by atoms with Crippen LogP contribution in [0.4, 0.5) is 5.82 Å². The van der Waals surface area contributed by atoms with E-state index in [0.29, 0.717) is 17.2 Å². The second-order valence-corrected chi connectivity index (χ2v) is 5.49. The van der Waals surface area contributed by atoms with Crippen molar-refractivity contribution in [1.82, 2.24) is 4.98 Å². The highest BCUT2D eigenvalue weighted by Crippen LogP contribution is 2.27. The van der Waals surface area contributed by atoms with Gasteiger partial charge in [0, 0.05) is 23.3 Å². The van der Waals surface area contributed by atoms with Crippen molar-refractivity contribution < 1.29 is 9.90 Å². The number of amides is 1. The molecule has 0 unspecified atom stereocenters. The van der Waals surface area contributed by atoms with Gasteiger partial charge in [0.05, 0.1) is 5.02 Å². The number of hydrogen-bond acceptors (Lipinski definition) is 4. The van der Waals surface area contributed by atoms with Gasteiger partial charge in [-0.1, -0.05) is 23.7 Å². The molecule has 0 radical (unpaired) electrons. The fourth-order valence-corrected chi connectivity index (χ4v) is 2.69. The van der Waals surface area contributed by atoms with E-state index < -0.39 is 0 Å². The predicted octanol–water partition coefficient (Wildman–Crippen LogP) is 3.56. The second kappa shape index (κ2) is 7.17. The largest absolute Gasteiger partial charge is 0.504 e. The summed E-state index contributed by atoms with van der Waals surface area (Å²) >= 11 is 7.54. The Morgan fingerprint density at radius 2 is 2.10 bits per heavy atom. The molecule has 0 saturated carbocycles. The summed E-state index contributed by atoms with van der Waals surface area (Å²) < 4.78 is 0. The lowest BCUT2D eigenvalue weighted by atomic mass is 10.4. The molecule has 1 aromatic heterocycles. The fourth-order valence-electron chi connectivity index (χ4n) is 1.50. The minimum atomic E-state index is -0.196. The molecule has 0 fully saturated rings. The lowest BCUT2D eigenvalue weighted by Crippen LogP contribution is -2.13. The number of pyridine rings is 1. The maximum atomic E-state index is 11.7. The van der Waals surface area contributed by atoms with E-state index >= 15 is 0 Å². The summed E-state index contributed by atoms with van der Waals surface area (Å²) in [5.74, 6) is 0.543. The number of benzene rings is 1. The zero-order valence-corrected chi connectivity index (χ0v) is 12.1. The summed E-state index contributed by atoms with van der Waals surface area (Å²) in [6.07, 6.45) is 1.82. The van der Waals surface area contributed by atoms with Crippen molar-refractivity contribution in [2.75, 3.05) is 11.1 Å². The third kappa shape index (κ3) is 4.15. The van der Waals surface area contributed by atoms with Crippen LogP contribution in [0.15, 0.2) is 47.5 Å². The molecular weight excluding hydrogens is 296 g/mol. The SMILES string of the molecule is O=C(CCSc1ccccc1Cl)Nc1ncccc1O. The first-order chi connectivity index (χ1) is 9.66. The van der Waals surface area contributed by atoms with Crippen molar-refractivity contribution in [3.63, 3.8) is 0 Å². The number of nitrogens with zero attached hydrogens (tertiary/aromatic N) is 1. The van der Waals surface area contributed by atoms with Crippen LogP contribution in [0.2, 0.25) is 5.02 Å². The summed E-state index contributed by atoms with van der Waals surface area (Å²) in [4.78, 5) is 16.6. The van der Waals surface area contributed by atoms with Crippen LogP contribution in [-0.4, -0.2) is 21.8 Å². The molecule has 0 atom stereocenters. The number of thioether (sulfide) groups is 1. The topological polar surface area (TPSA) is 62.2 Å². The number of hydrogen-bond donors (Lipinski definition) is 2. The summed E-state index contributed by atoms with van der Waals surface area (Å²) in [7, 11) is 0. The van der Waals surface area contributed by atoms with Crippen molar-refractivity contribution in [3.05, 3.63) is 47.6 Å². The molecule has 4 nitrogen and oxygen atoms in total. The molecule has 20 heavy (non-hydrogen) atoms.